The lowest BCUT2D eigenvalue weighted by Crippen LogP contribution is -2.28. The molecule has 0 aliphatic carbocycles. The first-order valence-electron chi connectivity index (χ1n) is 4.38. The molecule has 0 radical (unpaired) electrons. The maximum absolute atomic E-state index is 11.0. The van der Waals surface area contributed by atoms with E-state index >= 15 is 0 Å². The lowest BCUT2D eigenvalue weighted by atomic mass is 10.0. The minimum absolute atomic E-state index is 0.494. The summed E-state index contributed by atoms with van der Waals surface area (Å²) in [5, 5.41) is 3.33. The average Bonchev–Trinajstić information content (AvgIpc) is 2.04. The van der Waals surface area contributed by atoms with Crippen molar-refractivity contribution in [3.63, 3.8) is 0 Å². The number of hydrogen-bond donors (Lipinski definition) is 1. The highest BCUT2D eigenvalue weighted by atomic mass is 32.2. The largest absolute Gasteiger partial charge is 0.317 e. The van der Waals surface area contributed by atoms with Crippen molar-refractivity contribution in [2.75, 3.05) is 24.6 Å². The molecule has 0 saturated carbocycles. The van der Waals surface area contributed by atoms with Crippen LogP contribution >= 0.6 is 0 Å². The van der Waals surface area contributed by atoms with Crippen molar-refractivity contribution in [3.8, 4) is 0 Å². The summed E-state index contributed by atoms with van der Waals surface area (Å²) in [6.45, 7) is 4.30. The van der Waals surface area contributed by atoms with Gasteiger partial charge in [0, 0.05) is 22.3 Å². The Morgan fingerprint density at radius 3 is 2.64 bits per heavy atom. The molecule has 1 fully saturated rings. The third-order valence-electron chi connectivity index (χ3n) is 2.19. The first-order chi connectivity index (χ1) is 5.33. The van der Waals surface area contributed by atoms with Crippen LogP contribution in [-0.4, -0.2) is 28.8 Å². The molecular formula is C8H17NOS. The van der Waals surface area contributed by atoms with Gasteiger partial charge in [0.1, 0.15) is 0 Å². The van der Waals surface area contributed by atoms with Crippen LogP contribution in [0.3, 0.4) is 0 Å². The minimum Gasteiger partial charge on any atom is -0.317 e. The molecule has 2 nitrogen and oxygen atoms in total. The van der Waals surface area contributed by atoms with Gasteiger partial charge in [0.05, 0.1) is 0 Å². The topological polar surface area (TPSA) is 29.1 Å². The molecule has 0 unspecified atom stereocenters. The smallest absolute Gasteiger partial charge is 0.0237 e. The third-order valence-corrected chi connectivity index (χ3v) is 3.57. The zero-order chi connectivity index (χ0) is 8.10. The second-order valence-electron chi connectivity index (χ2n) is 3.10. The van der Waals surface area contributed by atoms with Crippen LogP contribution in [0.4, 0.5) is 0 Å². The van der Waals surface area contributed by atoms with Gasteiger partial charge in [-0.3, -0.25) is 4.21 Å². The van der Waals surface area contributed by atoms with E-state index in [1.54, 1.807) is 0 Å². The zero-order valence-corrected chi connectivity index (χ0v) is 7.95. The summed E-state index contributed by atoms with van der Waals surface area (Å²) in [6.07, 6.45) is 2.30. The predicted molar refractivity (Wildman–Crippen MR) is 49.1 cm³/mol. The average molecular weight is 175 g/mol. The number of nitrogens with one attached hydrogen (secondary N) is 1. The first kappa shape index (κ1) is 9.20. The fourth-order valence-corrected chi connectivity index (χ4v) is 2.79. The Hall–Kier alpha value is 0.110. The van der Waals surface area contributed by atoms with Gasteiger partial charge in [-0.2, -0.15) is 0 Å². The van der Waals surface area contributed by atoms with E-state index in [4.69, 9.17) is 0 Å². The van der Waals surface area contributed by atoms with Crippen LogP contribution in [0, 0.1) is 5.92 Å². The second kappa shape index (κ2) is 4.88. The Morgan fingerprint density at radius 2 is 2.09 bits per heavy atom. The van der Waals surface area contributed by atoms with Crippen LogP contribution < -0.4 is 5.32 Å². The lowest BCUT2D eigenvalue weighted by Gasteiger charge is -2.21. The van der Waals surface area contributed by atoms with Gasteiger partial charge < -0.3 is 5.32 Å². The summed E-state index contributed by atoms with van der Waals surface area (Å²) >= 11 is 0. The summed E-state index contributed by atoms with van der Waals surface area (Å²) < 4.78 is 11.0. The maximum Gasteiger partial charge on any atom is 0.0237 e. The van der Waals surface area contributed by atoms with E-state index in [1.165, 1.54) is 0 Å². The van der Waals surface area contributed by atoms with Crippen LogP contribution in [-0.2, 0) is 10.8 Å². The molecule has 0 bridgehead atoms. The van der Waals surface area contributed by atoms with Crippen molar-refractivity contribution in [2.24, 2.45) is 5.92 Å². The molecule has 66 valence electrons. The third kappa shape index (κ3) is 3.34. The van der Waals surface area contributed by atoms with E-state index in [0.717, 1.165) is 43.4 Å². The van der Waals surface area contributed by atoms with Crippen molar-refractivity contribution in [2.45, 2.75) is 19.8 Å². The van der Waals surface area contributed by atoms with Crippen LogP contribution in [0.5, 0.6) is 0 Å². The summed E-state index contributed by atoms with van der Waals surface area (Å²) in [5.74, 6) is 2.64. The Kier molecular flexibility index (Phi) is 4.08. The summed E-state index contributed by atoms with van der Waals surface area (Å²) in [5.41, 5.74) is 0. The van der Waals surface area contributed by atoms with Gasteiger partial charge in [0.25, 0.3) is 0 Å². The fourth-order valence-electron chi connectivity index (χ4n) is 1.40. The summed E-state index contributed by atoms with van der Waals surface area (Å²) in [6, 6.07) is 0. The zero-order valence-electron chi connectivity index (χ0n) is 7.14. The molecule has 0 atom stereocenters. The van der Waals surface area contributed by atoms with E-state index in [1.807, 2.05) is 0 Å². The van der Waals surface area contributed by atoms with Gasteiger partial charge >= 0.3 is 0 Å². The molecule has 3 heteroatoms. The van der Waals surface area contributed by atoms with E-state index in [-0.39, 0.29) is 0 Å². The molecular weight excluding hydrogens is 158 g/mol. The molecule has 1 aliphatic rings. The SMILES string of the molecule is CCNCC1CCS(=O)CC1. The van der Waals surface area contributed by atoms with Gasteiger partial charge in [-0.25, -0.2) is 0 Å². The summed E-state index contributed by atoms with van der Waals surface area (Å²) in [7, 11) is -0.494. The fraction of sp³-hybridized carbons (Fsp3) is 1.00. The van der Waals surface area contributed by atoms with Crippen LogP contribution in [0.2, 0.25) is 0 Å². The monoisotopic (exact) mass is 175 g/mol. The summed E-state index contributed by atoms with van der Waals surface area (Å²) in [4.78, 5) is 0. The quantitative estimate of drug-likeness (QED) is 0.686. The molecule has 1 saturated heterocycles. The molecule has 0 aromatic rings. The normalized spacial score (nSPS) is 32.1. The standard InChI is InChI=1S/C8H17NOS/c1-2-9-7-8-3-5-11(10)6-4-8/h8-9H,2-7H2,1H3. The molecule has 1 rings (SSSR count). The number of hydrogen-bond acceptors (Lipinski definition) is 2. The van der Waals surface area contributed by atoms with Gasteiger partial charge in [0.2, 0.25) is 0 Å². The van der Waals surface area contributed by atoms with Gasteiger partial charge in [-0.15, -0.1) is 0 Å². The molecule has 1 N–H and O–H groups in total. The van der Waals surface area contributed by atoms with Gasteiger partial charge in [0.15, 0.2) is 0 Å². The van der Waals surface area contributed by atoms with Crippen molar-refractivity contribution < 1.29 is 4.21 Å². The molecule has 0 amide bonds. The molecule has 11 heavy (non-hydrogen) atoms. The van der Waals surface area contributed by atoms with E-state index in [2.05, 4.69) is 12.2 Å². The highest BCUT2D eigenvalue weighted by Crippen LogP contribution is 2.15. The second-order valence-corrected chi connectivity index (χ2v) is 4.80. The molecule has 0 aromatic carbocycles. The Balaban J connectivity index is 2.12. The maximum atomic E-state index is 11.0. The van der Waals surface area contributed by atoms with Crippen LogP contribution in [0.25, 0.3) is 0 Å². The predicted octanol–water partition coefficient (Wildman–Crippen LogP) is 0.755. The van der Waals surface area contributed by atoms with Crippen LogP contribution in [0.1, 0.15) is 19.8 Å². The Labute approximate surface area is 71.2 Å². The van der Waals surface area contributed by atoms with Crippen LogP contribution in [0.15, 0.2) is 0 Å². The highest BCUT2D eigenvalue weighted by molar-refractivity contribution is 7.85. The molecule has 0 spiro atoms. The van der Waals surface area contributed by atoms with Crippen molar-refractivity contribution in [3.05, 3.63) is 0 Å². The highest BCUT2D eigenvalue weighted by Gasteiger charge is 2.16. The molecule has 0 aromatic heterocycles. The Morgan fingerprint density at radius 1 is 1.45 bits per heavy atom. The van der Waals surface area contributed by atoms with Gasteiger partial charge in [-0.1, -0.05) is 6.92 Å². The molecule has 1 heterocycles. The Bertz CT molecular complexity index is 128. The minimum atomic E-state index is -0.494. The van der Waals surface area contributed by atoms with Crippen molar-refractivity contribution in [1.29, 1.82) is 0 Å². The van der Waals surface area contributed by atoms with Crippen molar-refractivity contribution >= 4 is 10.8 Å². The van der Waals surface area contributed by atoms with E-state index in [0.29, 0.717) is 0 Å². The number of rotatable bonds is 3. The first-order valence-corrected chi connectivity index (χ1v) is 5.87. The van der Waals surface area contributed by atoms with E-state index in [9.17, 15) is 4.21 Å². The van der Waals surface area contributed by atoms with E-state index < -0.39 is 10.8 Å². The van der Waals surface area contributed by atoms with Gasteiger partial charge in [-0.05, 0) is 31.8 Å². The molecule has 1 aliphatic heterocycles. The lowest BCUT2D eigenvalue weighted by molar-refractivity contribution is 0.448. The van der Waals surface area contributed by atoms with Crippen molar-refractivity contribution in [1.82, 2.24) is 5.32 Å².